The molecule has 0 bridgehead atoms. The first-order valence-electron chi connectivity index (χ1n) is 9.71. The number of sulfone groups is 1. The fraction of sp³-hybridized carbons (Fsp3) is 0.238. The first kappa shape index (κ1) is 18.8. The fourth-order valence-corrected chi connectivity index (χ4v) is 6.35. The Morgan fingerprint density at radius 1 is 1.17 bits per heavy atom. The van der Waals surface area contributed by atoms with E-state index < -0.39 is 26.9 Å². The predicted octanol–water partition coefficient (Wildman–Crippen LogP) is 2.49. The van der Waals surface area contributed by atoms with Gasteiger partial charge in [-0.15, -0.1) is 0 Å². The molecule has 4 aromatic rings. The van der Waals surface area contributed by atoms with Crippen molar-refractivity contribution < 1.29 is 13.2 Å². The highest BCUT2D eigenvalue weighted by atomic mass is 32.2. The third-order valence-electron chi connectivity index (χ3n) is 5.92. The van der Waals surface area contributed by atoms with Gasteiger partial charge >= 0.3 is 0 Å². The molecule has 1 fully saturated rings. The van der Waals surface area contributed by atoms with Crippen LogP contribution in [0.4, 0.5) is 0 Å². The summed E-state index contributed by atoms with van der Waals surface area (Å²) >= 11 is 0. The number of nitrogens with two attached hydrogens (primary N) is 1. The van der Waals surface area contributed by atoms with Gasteiger partial charge in [0.15, 0.2) is 9.84 Å². The van der Waals surface area contributed by atoms with Crippen LogP contribution in [-0.2, 0) is 14.6 Å². The van der Waals surface area contributed by atoms with Gasteiger partial charge in [0.05, 0.1) is 22.0 Å². The van der Waals surface area contributed by atoms with Crippen LogP contribution >= 0.6 is 0 Å². The Balaban J connectivity index is 1.67. The van der Waals surface area contributed by atoms with E-state index in [1.165, 1.54) is 0 Å². The van der Waals surface area contributed by atoms with Crippen molar-refractivity contribution in [1.29, 1.82) is 0 Å². The molecule has 3 aromatic heterocycles. The number of hydrogen-bond donors (Lipinski definition) is 3. The van der Waals surface area contributed by atoms with Crippen molar-refractivity contribution in [3.63, 3.8) is 0 Å². The van der Waals surface area contributed by atoms with Crippen molar-refractivity contribution in [1.82, 2.24) is 20.2 Å². The van der Waals surface area contributed by atoms with Gasteiger partial charge in [0, 0.05) is 28.8 Å². The number of pyridine rings is 1. The van der Waals surface area contributed by atoms with Crippen molar-refractivity contribution in [2.24, 2.45) is 11.7 Å². The molecule has 1 aromatic carbocycles. The molecular formula is C21H20N5O3S. The second kappa shape index (κ2) is 6.94. The summed E-state index contributed by atoms with van der Waals surface area (Å²) in [5, 5.41) is 8.24. The minimum Gasteiger partial charge on any atom is -0.369 e. The molecule has 0 aliphatic heterocycles. The maximum Gasteiger partial charge on any atom is 0.220 e. The highest BCUT2D eigenvalue weighted by Crippen LogP contribution is 2.43. The summed E-state index contributed by atoms with van der Waals surface area (Å²) < 4.78 is 27.2. The van der Waals surface area contributed by atoms with E-state index in [1.54, 1.807) is 42.7 Å². The summed E-state index contributed by atoms with van der Waals surface area (Å²) in [7, 11) is -3.73. The van der Waals surface area contributed by atoms with Gasteiger partial charge in [0.1, 0.15) is 11.2 Å². The average Bonchev–Trinajstić information content (AvgIpc) is 3.40. The molecule has 1 radical (unpaired) electrons. The number of fused-ring (bicyclic) bond motifs is 3. The van der Waals surface area contributed by atoms with Crippen LogP contribution < -0.4 is 5.73 Å². The molecule has 9 heteroatoms. The van der Waals surface area contributed by atoms with Gasteiger partial charge < -0.3 is 10.7 Å². The molecule has 5 rings (SSSR count). The molecule has 2 unspecified atom stereocenters. The number of aromatic amines is 2. The minimum atomic E-state index is -3.73. The smallest absolute Gasteiger partial charge is 0.220 e. The zero-order valence-corrected chi connectivity index (χ0v) is 16.8. The SMILES string of the molecule is NC(=O)C1CC[C](c2[nH]nc3cnc4[nH]ccc4c23)C(S(=O)(=O)c2ccccc2)C1. The van der Waals surface area contributed by atoms with Gasteiger partial charge in [-0.05, 0) is 37.5 Å². The molecule has 1 aliphatic rings. The van der Waals surface area contributed by atoms with Crippen LogP contribution in [0, 0.1) is 11.8 Å². The molecule has 153 valence electrons. The Morgan fingerprint density at radius 3 is 2.73 bits per heavy atom. The highest BCUT2D eigenvalue weighted by Gasteiger charge is 2.44. The third kappa shape index (κ3) is 2.88. The number of amides is 1. The molecule has 8 nitrogen and oxygen atoms in total. The number of nitrogens with zero attached hydrogens (tertiary/aromatic N) is 2. The molecule has 0 saturated heterocycles. The third-order valence-corrected chi connectivity index (χ3v) is 8.08. The second-order valence-electron chi connectivity index (χ2n) is 7.60. The van der Waals surface area contributed by atoms with E-state index in [2.05, 4.69) is 20.2 Å². The van der Waals surface area contributed by atoms with Crippen LogP contribution in [0.25, 0.3) is 21.9 Å². The Bertz CT molecular complexity index is 1340. The lowest BCUT2D eigenvalue weighted by molar-refractivity contribution is -0.122. The van der Waals surface area contributed by atoms with Crippen molar-refractivity contribution >= 4 is 37.7 Å². The normalized spacial score (nSPS) is 20.7. The number of carbonyl (C=O) groups is 1. The van der Waals surface area contributed by atoms with Crippen LogP contribution in [0.3, 0.4) is 0 Å². The number of benzene rings is 1. The molecular weight excluding hydrogens is 402 g/mol. The highest BCUT2D eigenvalue weighted by molar-refractivity contribution is 7.92. The summed E-state index contributed by atoms with van der Waals surface area (Å²) in [6.07, 6.45) is 4.55. The summed E-state index contributed by atoms with van der Waals surface area (Å²) in [6, 6.07) is 10.2. The van der Waals surface area contributed by atoms with Gasteiger partial charge in [-0.1, -0.05) is 18.2 Å². The zero-order chi connectivity index (χ0) is 20.9. The van der Waals surface area contributed by atoms with Gasteiger partial charge in [-0.3, -0.25) is 9.89 Å². The van der Waals surface area contributed by atoms with Crippen molar-refractivity contribution in [3.05, 3.63) is 60.4 Å². The van der Waals surface area contributed by atoms with Crippen molar-refractivity contribution in [2.75, 3.05) is 0 Å². The van der Waals surface area contributed by atoms with E-state index in [4.69, 9.17) is 5.73 Å². The lowest BCUT2D eigenvalue weighted by Crippen LogP contribution is -2.39. The molecule has 1 aliphatic carbocycles. The molecule has 4 N–H and O–H groups in total. The molecule has 2 atom stereocenters. The van der Waals surface area contributed by atoms with Crippen molar-refractivity contribution in [2.45, 2.75) is 29.4 Å². The maximum absolute atomic E-state index is 13.6. The summed E-state index contributed by atoms with van der Waals surface area (Å²) in [6.45, 7) is 0. The van der Waals surface area contributed by atoms with E-state index in [1.807, 2.05) is 6.07 Å². The predicted molar refractivity (Wildman–Crippen MR) is 112 cm³/mol. The second-order valence-corrected chi connectivity index (χ2v) is 9.73. The molecule has 3 heterocycles. The number of aromatic nitrogens is 4. The zero-order valence-electron chi connectivity index (χ0n) is 16.0. The first-order chi connectivity index (χ1) is 14.5. The van der Waals surface area contributed by atoms with Crippen LogP contribution in [0.1, 0.15) is 25.0 Å². The standard InChI is InChI=1S/C21H20N5O3S/c22-20(27)12-6-7-14(17(10-12)30(28,29)13-4-2-1-3-5-13)19-18-15-8-9-23-21(15)24-11-16(18)25-26-19/h1-5,8-9,11-12,17H,6-7,10H2,(H2,22,27)(H,23,24)(H,25,26). The topological polar surface area (TPSA) is 135 Å². The average molecular weight is 422 g/mol. The first-order valence-corrected chi connectivity index (χ1v) is 11.3. The number of rotatable bonds is 4. The molecule has 30 heavy (non-hydrogen) atoms. The van der Waals surface area contributed by atoms with E-state index in [9.17, 15) is 13.2 Å². The lowest BCUT2D eigenvalue weighted by Gasteiger charge is -2.33. The number of nitrogens with one attached hydrogen (secondary N) is 2. The number of carbonyl (C=O) groups excluding carboxylic acids is 1. The van der Waals surface area contributed by atoms with Crippen molar-refractivity contribution in [3.8, 4) is 0 Å². The Kier molecular flexibility index (Phi) is 4.35. The number of H-pyrrole nitrogens is 2. The fourth-order valence-electron chi connectivity index (χ4n) is 4.39. The van der Waals surface area contributed by atoms with Crippen LogP contribution in [-0.4, -0.2) is 39.7 Å². The monoisotopic (exact) mass is 422 g/mol. The van der Waals surface area contributed by atoms with E-state index >= 15 is 0 Å². The summed E-state index contributed by atoms with van der Waals surface area (Å²) in [4.78, 5) is 19.6. The molecule has 1 amide bonds. The Morgan fingerprint density at radius 2 is 1.97 bits per heavy atom. The maximum atomic E-state index is 13.6. The Hall–Kier alpha value is -3.20. The van der Waals surface area contributed by atoms with Gasteiger partial charge in [0.2, 0.25) is 5.91 Å². The lowest BCUT2D eigenvalue weighted by atomic mass is 9.79. The van der Waals surface area contributed by atoms with E-state index in [0.717, 1.165) is 16.7 Å². The number of hydrogen-bond acceptors (Lipinski definition) is 5. The largest absolute Gasteiger partial charge is 0.369 e. The van der Waals surface area contributed by atoms with Gasteiger partial charge in [0.25, 0.3) is 0 Å². The summed E-state index contributed by atoms with van der Waals surface area (Å²) in [5.74, 6) is -0.220. The van der Waals surface area contributed by atoms with Crippen LogP contribution in [0.15, 0.2) is 53.7 Å². The van der Waals surface area contributed by atoms with Gasteiger partial charge in [-0.25, -0.2) is 13.4 Å². The molecule has 0 spiro atoms. The quantitative estimate of drug-likeness (QED) is 0.464. The number of primary amides is 1. The van der Waals surface area contributed by atoms with Crippen LogP contribution in [0.2, 0.25) is 0 Å². The molecule has 1 saturated carbocycles. The van der Waals surface area contributed by atoms with Crippen LogP contribution in [0.5, 0.6) is 0 Å². The van der Waals surface area contributed by atoms with E-state index in [0.29, 0.717) is 29.7 Å². The Labute approximate surface area is 172 Å². The minimum absolute atomic E-state index is 0.157. The summed E-state index contributed by atoms with van der Waals surface area (Å²) in [5.41, 5.74) is 7.61. The van der Waals surface area contributed by atoms with Gasteiger partial charge in [-0.2, -0.15) is 5.10 Å². The van der Waals surface area contributed by atoms with E-state index in [-0.39, 0.29) is 11.3 Å².